The predicted molar refractivity (Wildman–Crippen MR) is 75.7 cm³/mol. The molecular weight excluding hydrogens is 226 g/mol. The van der Waals surface area contributed by atoms with E-state index >= 15 is 0 Å². The fourth-order valence-electron chi connectivity index (χ4n) is 2.33. The minimum absolute atomic E-state index is 0.220. The maximum Gasteiger partial charge on any atom is 0.220 e. The molecule has 0 radical (unpaired) electrons. The zero-order valence-electron chi connectivity index (χ0n) is 11.2. The van der Waals surface area contributed by atoms with E-state index in [0.29, 0.717) is 5.96 Å². The van der Waals surface area contributed by atoms with Gasteiger partial charge in [-0.2, -0.15) is 4.99 Å². The van der Waals surface area contributed by atoms with Crippen molar-refractivity contribution in [2.45, 2.75) is 33.4 Å². The molecule has 5 nitrogen and oxygen atoms in total. The van der Waals surface area contributed by atoms with Gasteiger partial charge in [0.2, 0.25) is 11.9 Å². The standard InChI is InChI=1S/C13H19N5/c1-8-5-9(2)7-10(6-8)18-12(15)16-11(14)17-13(18,3)4/h5-7H,1-4H3,(H4,14,15,16,17). The molecule has 4 N–H and O–H groups in total. The molecule has 0 saturated carbocycles. The van der Waals surface area contributed by atoms with Crippen molar-refractivity contribution < 1.29 is 0 Å². The number of nitrogens with two attached hydrogens (primary N) is 2. The summed E-state index contributed by atoms with van der Waals surface area (Å²) in [6.45, 7) is 8.02. The molecule has 2 rings (SSSR count). The maximum atomic E-state index is 5.99. The van der Waals surface area contributed by atoms with Crippen LogP contribution >= 0.6 is 0 Å². The topological polar surface area (TPSA) is 80.0 Å². The quantitative estimate of drug-likeness (QED) is 0.786. The van der Waals surface area contributed by atoms with Crippen LogP contribution in [0.5, 0.6) is 0 Å². The maximum absolute atomic E-state index is 5.99. The lowest BCUT2D eigenvalue weighted by Gasteiger charge is -2.38. The minimum atomic E-state index is -0.532. The van der Waals surface area contributed by atoms with E-state index in [-0.39, 0.29) is 5.96 Å². The first-order valence-corrected chi connectivity index (χ1v) is 5.87. The monoisotopic (exact) mass is 245 g/mol. The molecule has 0 bridgehead atoms. The molecule has 0 atom stereocenters. The Hall–Kier alpha value is -2.04. The van der Waals surface area contributed by atoms with Crippen LogP contribution in [0.25, 0.3) is 0 Å². The number of aryl methyl sites for hydroxylation is 2. The van der Waals surface area contributed by atoms with Crippen LogP contribution in [0.4, 0.5) is 5.69 Å². The van der Waals surface area contributed by atoms with Gasteiger partial charge in [-0.1, -0.05) is 6.07 Å². The zero-order valence-corrected chi connectivity index (χ0v) is 11.2. The predicted octanol–water partition coefficient (Wildman–Crippen LogP) is 1.49. The second-order valence-corrected chi connectivity index (χ2v) is 5.12. The average Bonchev–Trinajstić information content (AvgIpc) is 2.11. The normalized spacial score (nSPS) is 18.3. The van der Waals surface area contributed by atoms with Crippen molar-refractivity contribution in [3.05, 3.63) is 29.3 Å². The van der Waals surface area contributed by atoms with E-state index in [2.05, 4.69) is 42.0 Å². The van der Waals surface area contributed by atoms with Crippen LogP contribution < -0.4 is 16.4 Å². The molecule has 0 spiro atoms. The molecule has 1 aliphatic rings. The summed E-state index contributed by atoms with van der Waals surface area (Å²) in [7, 11) is 0. The van der Waals surface area contributed by atoms with Gasteiger partial charge in [-0.15, -0.1) is 0 Å². The van der Waals surface area contributed by atoms with Gasteiger partial charge in [-0.05, 0) is 51.0 Å². The van der Waals surface area contributed by atoms with Crippen LogP contribution in [-0.4, -0.2) is 17.6 Å². The molecule has 0 fully saturated rings. The van der Waals surface area contributed by atoms with E-state index in [4.69, 9.17) is 11.5 Å². The fraction of sp³-hybridized carbons (Fsp3) is 0.385. The van der Waals surface area contributed by atoms with Crippen molar-refractivity contribution in [2.24, 2.45) is 21.5 Å². The van der Waals surface area contributed by atoms with Crippen LogP contribution in [0.2, 0.25) is 0 Å². The van der Waals surface area contributed by atoms with Gasteiger partial charge in [-0.25, -0.2) is 4.99 Å². The van der Waals surface area contributed by atoms with E-state index in [1.807, 2.05) is 18.7 Å². The Kier molecular flexibility index (Phi) is 2.77. The van der Waals surface area contributed by atoms with Crippen molar-refractivity contribution in [3.8, 4) is 0 Å². The second kappa shape index (κ2) is 4.01. The Labute approximate surface area is 107 Å². The molecular formula is C13H19N5. The van der Waals surface area contributed by atoms with Gasteiger partial charge >= 0.3 is 0 Å². The summed E-state index contributed by atoms with van der Waals surface area (Å²) in [5.41, 5.74) is 14.5. The lowest BCUT2D eigenvalue weighted by molar-refractivity contribution is 0.534. The number of anilines is 1. The van der Waals surface area contributed by atoms with E-state index in [1.54, 1.807) is 0 Å². The van der Waals surface area contributed by atoms with Crippen molar-refractivity contribution in [2.75, 3.05) is 4.90 Å². The SMILES string of the molecule is Cc1cc(C)cc(N2C(N)=NC(N)=NC2(C)C)c1. The number of guanidine groups is 2. The van der Waals surface area contributed by atoms with Crippen molar-refractivity contribution in [3.63, 3.8) is 0 Å². The highest BCUT2D eigenvalue weighted by Gasteiger charge is 2.32. The first kappa shape index (κ1) is 12.4. The number of hydrogen-bond donors (Lipinski definition) is 2. The Balaban J connectivity index is 2.53. The van der Waals surface area contributed by atoms with Gasteiger partial charge in [0.1, 0.15) is 5.66 Å². The van der Waals surface area contributed by atoms with Gasteiger partial charge < -0.3 is 11.5 Å². The van der Waals surface area contributed by atoms with Crippen LogP contribution in [0.15, 0.2) is 28.2 Å². The van der Waals surface area contributed by atoms with E-state index in [1.165, 1.54) is 11.1 Å². The van der Waals surface area contributed by atoms with Gasteiger partial charge in [-0.3, -0.25) is 4.90 Å². The summed E-state index contributed by atoms with van der Waals surface area (Å²) in [5, 5.41) is 0. The van der Waals surface area contributed by atoms with Crippen molar-refractivity contribution >= 4 is 17.6 Å². The number of aliphatic imine (C=N–C) groups is 2. The Morgan fingerprint density at radius 2 is 1.61 bits per heavy atom. The molecule has 0 unspecified atom stereocenters. The first-order chi connectivity index (χ1) is 8.29. The Morgan fingerprint density at radius 3 is 2.11 bits per heavy atom. The van der Waals surface area contributed by atoms with Crippen LogP contribution in [0.1, 0.15) is 25.0 Å². The van der Waals surface area contributed by atoms with Crippen LogP contribution in [0.3, 0.4) is 0 Å². The molecule has 18 heavy (non-hydrogen) atoms. The third-order valence-corrected chi connectivity index (χ3v) is 2.86. The minimum Gasteiger partial charge on any atom is -0.369 e. The molecule has 0 amide bonds. The lowest BCUT2D eigenvalue weighted by Crippen LogP contribution is -2.54. The molecule has 1 heterocycles. The summed E-state index contributed by atoms with van der Waals surface area (Å²) >= 11 is 0. The molecule has 0 saturated heterocycles. The third-order valence-electron chi connectivity index (χ3n) is 2.86. The van der Waals surface area contributed by atoms with Crippen LogP contribution in [-0.2, 0) is 0 Å². The number of hydrogen-bond acceptors (Lipinski definition) is 5. The van der Waals surface area contributed by atoms with Crippen LogP contribution in [0, 0.1) is 13.8 Å². The Bertz CT molecular complexity index is 522. The average molecular weight is 245 g/mol. The van der Waals surface area contributed by atoms with E-state index < -0.39 is 5.66 Å². The number of benzene rings is 1. The van der Waals surface area contributed by atoms with E-state index in [9.17, 15) is 0 Å². The Morgan fingerprint density at radius 1 is 1.06 bits per heavy atom. The first-order valence-electron chi connectivity index (χ1n) is 5.87. The smallest absolute Gasteiger partial charge is 0.220 e. The fourth-order valence-corrected chi connectivity index (χ4v) is 2.33. The molecule has 96 valence electrons. The molecule has 5 heteroatoms. The lowest BCUT2D eigenvalue weighted by atomic mass is 10.1. The highest BCUT2D eigenvalue weighted by molar-refractivity contribution is 6.05. The molecule has 1 aliphatic heterocycles. The summed E-state index contributed by atoms with van der Waals surface area (Å²) in [6.07, 6.45) is 0. The van der Waals surface area contributed by atoms with Gasteiger partial charge in [0, 0.05) is 5.69 Å². The largest absolute Gasteiger partial charge is 0.369 e. The molecule has 0 aliphatic carbocycles. The summed E-state index contributed by atoms with van der Waals surface area (Å²) in [6, 6.07) is 6.24. The summed E-state index contributed by atoms with van der Waals surface area (Å²) in [4.78, 5) is 10.3. The molecule has 1 aromatic carbocycles. The zero-order chi connectivity index (χ0) is 13.5. The summed E-state index contributed by atoms with van der Waals surface area (Å²) in [5.74, 6) is 0.593. The number of rotatable bonds is 1. The summed E-state index contributed by atoms with van der Waals surface area (Å²) < 4.78 is 0. The third kappa shape index (κ3) is 2.16. The van der Waals surface area contributed by atoms with Gasteiger partial charge in [0.25, 0.3) is 0 Å². The van der Waals surface area contributed by atoms with Gasteiger partial charge in [0.15, 0.2) is 0 Å². The van der Waals surface area contributed by atoms with Crippen molar-refractivity contribution in [1.82, 2.24) is 0 Å². The van der Waals surface area contributed by atoms with E-state index in [0.717, 1.165) is 5.69 Å². The van der Waals surface area contributed by atoms with Gasteiger partial charge in [0.05, 0.1) is 0 Å². The van der Waals surface area contributed by atoms with Crippen molar-refractivity contribution in [1.29, 1.82) is 0 Å². The second-order valence-electron chi connectivity index (χ2n) is 5.12. The highest BCUT2D eigenvalue weighted by atomic mass is 15.4. The number of nitrogens with zero attached hydrogens (tertiary/aromatic N) is 3. The highest BCUT2D eigenvalue weighted by Crippen LogP contribution is 2.28. The molecule has 1 aromatic rings. The molecule has 0 aromatic heterocycles.